The van der Waals surface area contributed by atoms with Crippen LogP contribution in [0.2, 0.25) is 0 Å². The minimum atomic E-state index is 0.665. The second-order valence-electron chi connectivity index (χ2n) is 5.15. The summed E-state index contributed by atoms with van der Waals surface area (Å²) >= 11 is 1.50. The van der Waals surface area contributed by atoms with Gasteiger partial charge in [0, 0.05) is 12.1 Å². The van der Waals surface area contributed by atoms with Crippen molar-refractivity contribution in [2.24, 2.45) is 0 Å². The predicted octanol–water partition coefficient (Wildman–Crippen LogP) is 2.48. The van der Waals surface area contributed by atoms with E-state index < -0.39 is 0 Å². The van der Waals surface area contributed by atoms with Crippen LogP contribution in [0, 0.1) is 6.92 Å². The zero-order valence-corrected chi connectivity index (χ0v) is 13.5. The summed E-state index contributed by atoms with van der Waals surface area (Å²) in [6, 6.07) is 7.92. The van der Waals surface area contributed by atoms with Crippen molar-refractivity contribution >= 4 is 16.3 Å². The van der Waals surface area contributed by atoms with Gasteiger partial charge in [0.15, 0.2) is 10.8 Å². The van der Waals surface area contributed by atoms with Gasteiger partial charge in [-0.3, -0.25) is 5.10 Å². The molecule has 0 amide bonds. The highest BCUT2D eigenvalue weighted by Gasteiger charge is 2.15. The second-order valence-corrected chi connectivity index (χ2v) is 6.11. The average Bonchev–Trinajstić information content (AvgIpc) is 3.25. The summed E-state index contributed by atoms with van der Waals surface area (Å²) in [4.78, 5) is 0.782. The Morgan fingerprint density at radius 1 is 1.22 bits per heavy atom. The van der Waals surface area contributed by atoms with E-state index in [0.717, 1.165) is 38.4 Å². The Kier molecular flexibility index (Phi) is 3.30. The van der Waals surface area contributed by atoms with Gasteiger partial charge in [-0.05, 0) is 24.6 Å². The first-order valence-electron chi connectivity index (χ1n) is 7.09. The highest BCUT2D eigenvalue weighted by Crippen LogP contribution is 2.27. The third-order valence-electron chi connectivity index (χ3n) is 3.64. The van der Waals surface area contributed by atoms with Crippen molar-refractivity contribution in [3.63, 3.8) is 0 Å². The zero-order chi connectivity index (χ0) is 15.8. The largest absolute Gasteiger partial charge is 0.497 e. The Bertz CT molecular complexity index is 952. The lowest BCUT2D eigenvalue weighted by atomic mass is 10.1. The van der Waals surface area contributed by atoms with Gasteiger partial charge in [-0.2, -0.15) is 14.7 Å². The molecular weight excluding hydrogens is 312 g/mol. The summed E-state index contributed by atoms with van der Waals surface area (Å²) < 4.78 is 6.98. The fraction of sp³-hybridized carbons (Fsp3) is 0.200. The van der Waals surface area contributed by atoms with Crippen LogP contribution in [0.5, 0.6) is 5.75 Å². The summed E-state index contributed by atoms with van der Waals surface area (Å²) in [5.41, 5.74) is 3.12. The highest BCUT2D eigenvalue weighted by molar-refractivity contribution is 7.19. The fourth-order valence-corrected chi connectivity index (χ4v) is 3.29. The molecule has 3 heterocycles. The van der Waals surface area contributed by atoms with E-state index in [4.69, 9.17) is 4.74 Å². The zero-order valence-electron chi connectivity index (χ0n) is 12.6. The number of fused-ring (bicyclic) bond motifs is 1. The highest BCUT2D eigenvalue weighted by atomic mass is 32.1. The molecule has 4 rings (SSSR count). The van der Waals surface area contributed by atoms with E-state index in [-0.39, 0.29) is 0 Å². The first-order chi connectivity index (χ1) is 11.2. The number of ether oxygens (including phenoxy) is 1. The summed E-state index contributed by atoms with van der Waals surface area (Å²) in [5, 5.41) is 21.0. The number of aromatic amines is 1. The van der Waals surface area contributed by atoms with Crippen molar-refractivity contribution < 1.29 is 4.74 Å². The molecule has 0 spiro atoms. The Hall–Kier alpha value is -2.74. The SMILES string of the molecule is COc1ccc(Cc2nnc3sc(-c4cn[nH]c4C)nn23)cc1. The second kappa shape index (κ2) is 5.47. The molecule has 0 fully saturated rings. The van der Waals surface area contributed by atoms with Crippen LogP contribution in [0.25, 0.3) is 15.5 Å². The van der Waals surface area contributed by atoms with Crippen LogP contribution < -0.4 is 4.74 Å². The number of hydrogen-bond donors (Lipinski definition) is 1. The monoisotopic (exact) mass is 326 g/mol. The molecule has 7 nitrogen and oxygen atoms in total. The molecule has 0 bridgehead atoms. The van der Waals surface area contributed by atoms with Crippen LogP contribution in [0.3, 0.4) is 0 Å². The standard InChI is InChI=1S/C15H14N6OS/c1-9-12(8-16-17-9)14-20-21-13(18-19-15(21)23-14)7-10-3-5-11(22-2)6-4-10/h3-6,8H,7H2,1-2H3,(H,16,17). The minimum absolute atomic E-state index is 0.665. The number of nitrogens with zero attached hydrogens (tertiary/aromatic N) is 5. The number of rotatable bonds is 4. The Morgan fingerprint density at radius 2 is 2.04 bits per heavy atom. The minimum Gasteiger partial charge on any atom is -0.497 e. The predicted molar refractivity (Wildman–Crippen MR) is 86.8 cm³/mol. The van der Waals surface area contributed by atoms with Gasteiger partial charge in [-0.1, -0.05) is 23.5 Å². The molecule has 116 valence electrons. The summed E-state index contributed by atoms with van der Waals surface area (Å²) in [6.45, 7) is 1.98. The first-order valence-corrected chi connectivity index (χ1v) is 7.90. The van der Waals surface area contributed by atoms with E-state index >= 15 is 0 Å². The molecule has 1 aromatic carbocycles. The van der Waals surface area contributed by atoms with E-state index in [1.807, 2.05) is 31.2 Å². The van der Waals surface area contributed by atoms with E-state index in [1.165, 1.54) is 11.3 Å². The fourth-order valence-electron chi connectivity index (χ4n) is 2.37. The summed E-state index contributed by atoms with van der Waals surface area (Å²) in [5.74, 6) is 1.65. The molecule has 23 heavy (non-hydrogen) atoms. The van der Waals surface area contributed by atoms with Gasteiger partial charge >= 0.3 is 0 Å². The Labute approximate surface area is 136 Å². The average molecular weight is 326 g/mol. The maximum atomic E-state index is 5.18. The van der Waals surface area contributed by atoms with Gasteiger partial charge in [0.05, 0.1) is 18.9 Å². The van der Waals surface area contributed by atoms with Crippen LogP contribution in [0.1, 0.15) is 17.1 Å². The number of nitrogens with one attached hydrogen (secondary N) is 1. The third kappa shape index (κ3) is 2.46. The lowest BCUT2D eigenvalue weighted by Crippen LogP contribution is -1.98. The van der Waals surface area contributed by atoms with Crippen molar-refractivity contribution in [3.05, 3.63) is 47.5 Å². The van der Waals surface area contributed by atoms with E-state index in [2.05, 4.69) is 25.5 Å². The molecule has 0 aliphatic heterocycles. The number of methoxy groups -OCH3 is 1. The molecular formula is C15H14N6OS. The molecule has 3 aromatic heterocycles. The molecule has 0 saturated carbocycles. The van der Waals surface area contributed by atoms with Gasteiger partial charge in [0.1, 0.15) is 5.75 Å². The maximum absolute atomic E-state index is 5.18. The van der Waals surface area contributed by atoms with Crippen LogP contribution >= 0.6 is 11.3 Å². The van der Waals surface area contributed by atoms with Crippen LogP contribution in [0.15, 0.2) is 30.5 Å². The van der Waals surface area contributed by atoms with Gasteiger partial charge in [0.2, 0.25) is 4.96 Å². The van der Waals surface area contributed by atoms with Crippen LogP contribution in [-0.2, 0) is 6.42 Å². The number of benzene rings is 1. The molecule has 0 aliphatic carbocycles. The molecule has 0 aliphatic rings. The van der Waals surface area contributed by atoms with Gasteiger partial charge < -0.3 is 4.74 Å². The lowest BCUT2D eigenvalue weighted by Gasteiger charge is -2.01. The number of aromatic nitrogens is 6. The number of H-pyrrole nitrogens is 1. The normalized spacial score (nSPS) is 11.2. The number of hydrogen-bond acceptors (Lipinski definition) is 6. The van der Waals surface area contributed by atoms with Gasteiger partial charge in [-0.15, -0.1) is 10.2 Å². The summed E-state index contributed by atoms with van der Waals surface area (Å²) in [7, 11) is 1.66. The van der Waals surface area contributed by atoms with Crippen molar-refractivity contribution in [1.82, 2.24) is 30.0 Å². The lowest BCUT2D eigenvalue weighted by molar-refractivity contribution is 0.414. The van der Waals surface area contributed by atoms with Crippen molar-refractivity contribution in [2.45, 2.75) is 13.3 Å². The molecule has 4 aromatic rings. The van der Waals surface area contributed by atoms with E-state index in [1.54, 1.807) is 17.8 Å². The summed E-state index contributed by atoms with van der Waals surface area (Å²) in [6.07, 6.45) is 2.45. The maximum Gasteiger partial charge on any atom is 0.234 e. The van der Waals surface area contributed by atoms with E-state index in [0.29, 0.717) is 6.42 Å². The Balaban J connectivity index is 1.67. The molecule has 0 radical (unpaired) electrons. The van der Waals surface area contributed by atoms with Crippen molar-refractivity contribution in [3.8, 4) is 16.3 Å². The van der Waals surface area contributed by atoms with E-state index in [9.17, 15) is 0 Å². The first kappa shape index (κ1) is 13.9. The topological polar surface area (TPSA) is 81.0 Å². The molecule has 8 heteroatoms. The molecule has 0 unspecified atom stereocenters. The molecule has 0 saturated heterocycles. The molecule has 1 N–H and O–H groups in total. The van der Waals surface area contributed by atoms with Crippen molar-refractivity contribution in [2.75, 3.05) is 7.11 Å². The van der Waals surface area contributed by atoms with Gasteiger partial charge in [-0.25, -0.2) is 0 Å². The smallest absolute Gasteiger partial charge is 0.234 e. The van der Waals surface area contributed by atoms with Gasteiger partial charge in [0.25, 0.3) is 0 Å². The quantitative estimate of drug-likeness (QED) is 0.623. The third-order valence-corrected chi connectivity index (χ3v) is 4.57. The number of aryl methyl sites for hydroxylation is 1. The Morgan fingerprint density at radius 3 is 2.74 bits per heavy atom. The van der Waals surface area contributed by atoms with Crippen LogP contribution in [-0.4, -0.2) is 37.1 Å². The molecule has 0 atom stereocenters. The van der Waals surface area contributed by atoms with Crippen LogP contribution in [0.4, 0.5) is 0 Å². The van der Waals surface area contributed by atoms with Crippen molar-refractivity contribution in [1.29, 1.82) is 0 Å².